The minimum absolute atomic E-state index is 0.0892. The summed E-state index contributed by atoms with van der Waals surface area (Å²) >= 11 is 5.66. The zero-order chi connectivity index (χ0) is 11.6. The van der Waals surface area contributed by atoms with Gasteiger partial charge >= 0.3 is 5.69 Å². The summed E-state index contributed by atoms with van der Waals surface area (Å²) in [4.78, 5) is 25.5. The zero-order valence-electron chi connectivity index (χ0n) is 8.83. The van der Waals surface area contributed by atoms with Gasteiger partial charge in [-0.1, -0.05) is 11.6 Å². The molecule has 0 aliphatic rings. The summed E-state index contributed by atoms with van der Waals surface area (Å²) in [6.07, 6.45) is -0.204. The van der Waals surface area contributed by atoms with Crippen LogP contribution in [-0.4, -0.2) is 22.8 Å². The molecule has 6 heteroatoms. The maximum atomic E-state index is 11.7. The number of rotatable bonds is 3. The van der Waals surface area contributed by atoms with E-state index < -0.39 is 5.69 Å². The number of hydrogen-bond acceptors (Lipinski definition) is 3. The highest BCUT2D eigenvalue weighted by Gasteiger charge is 2.11. The third-order valence-electron chi connectivity index (χ3n) is 2.20. The number of ether oxygens (including phenoxy) is 1. The first-order valence-corrected chi connectivity index (χ1v) is 4.87. The molecule has 0 aliphatic heterocycles. The van der Waals surface area contributed by atoms with Crippen molar-refractivity contribution in [2.75, 3.05) is 7.11 Å². The van der Waals surface area contributed by atoms with Crippen molar-refractivity contribution >= 4 is 11.6 Å². The van der Waals surface area contributed by atoms with Crippen LogP contribution in [0.25, 0.3) is 0 Å². The largest absolute Gasteiger partial charge is 0.380 e. The highest BCUT2D eigenvalue weighted by molar-refractivity contribution is 6.30. The van der Waals surface area contributed by atoms with Crippen LogP contribution in [0, 0.1) is 6.92 Å². The Morgan fingerprint density at radius 1 is 1.53 bits per heavy atom. The van der Waals surface area contributed by atoms with Crippen molar-refractivity contribution in [3.05, 3.63) is 31.6 Å². The number of aromatic amines is 1. The molecule has 15 heavy (non-hydrogen) atoms. The molecule has 5 nitrogen and oxygen atoms in total. The van der Waals surface area contributed by atoms with Crippen LogP contribution in [0.5, 0.6) is 0 Å². The minimum atomic E-state index is -0.514. The maximum Gasteiger partial charge on any atom is 0.329 e. The molecule has 1 aromatic heterocycles. The van der Waals surface area contributed by atoms with Crippen molar-refractivity contribution in [3.8, 4) is 0 Å². The Morgan fingerprint density at radius 2 is 2.13 bits per heavy atom. The van der Waals surface area contributed by atoms with E-state index in [1.807, 2.05) is 0 Å². The molecular formula is C9H13ClN2O3. The molecule has 1 rings (SSSR count). The van der Waals surface area contributed by atoms with E-state index >= 15 is 0 Å². The lowest BCUT2D eigenvalue weighted by molar-refractivity contribution is 0.101. The van der Waals surface area contributed by atoms with Gasteiger partial charge in [-0.15, -0.1) is 0 Å². The number of methoxy groups -OCH3 is 1. The molecule has 0 aromatic carbocycles. The lowest BCUT2D eigenvalue weighted by Crippen LogP contribution is -2.39. The molecule has 1 unspecified atom stereocenters. The average molecular weight is 233 g/mol. The van der Waals surface area contributed by atoms with Gasteiger partial charge in [-0.25, -0.2) is 4.79 Å². The monoisotopic (exact) mass is 232 g/mol. The van der Waals surface area contributed by atoms with E-state index in [9.17, 15) is 9.59 Å². The Hall–Kier alpha value is -1.07. The third-order valence-corrected chi connectivity index (χ3v) is 2.58. The molecule has 0 aliphatic carbocycles. The molecule has 0 spiro atoms. The number of halogens is 1. The molecule has 0 saturated carbocycles. The van der Waals surface area contributed by atoms with Gasteiger partial charge in [0.15, 0.2) is 0 Å². The van der Waals surface area contributed by atoms with Crippen LogP contribution >= 0.6 is 11.6 Å². The lowest BCUT2D eigenvalue weighted by atomic mass is 10.3. The second-order valence-electron chi connectivity index (χ2n) is 3.33. The Morgan fingerprint density at radius 3 is 2.67 bits per heavy atom. The van der Waals surface area contributed by atoms with Gasteiger partial charge in [-0.05, 0) is 13.8 Å². The Kier molecular flexibility index (Phi) is 3.71. The van der Waals surface area contributed by atoms with Gasteiger partial charge in [0, 0.05) is 12.7 Å². The van der Waals surface area contributed by atoms with Crippen LogP contribution in [0.2, 0.25) is 5.15 Å². The van der Waals surface area contributed by atoms with Crippen molar-refractivity contribution in [1.29, 1.82) is 0 Å². The second kappa shape index (κ2) is 4.63. The van der Waals surface area contributed by atoms with Gasteiger partial charge in [-0.2, -0.15) is 0 Å². The molecule has 84 valence electrons. The molecule has 0 bridgehead atoms. The van der Waals surface area contributed by atoms with Gasteiger partial charge in [0.1, 0.15) is 5.15 Å². The van der Waals surface area contributed by atoms with E-state index in [0.29, 0.717) is 5.56 Å². The van der Waals surface area contributed by atoms with Crippen molar-refractivity contribution in [2.45, 2.75) is 26.5 Å². The Labute approximate surface area is 91.6 Å². The van der Waals surface area contributed by atoms with Crippen LogP contribution in [-0.2, 0) is 11.3 Å². The average Bonchev–Trinajstić information content (AvgIpc) is 2.21. The number of H-pyrrole nitrogens is 1. The van der Waals surface area contributed by atoms with Crippen LogP contribution in [0.1, 0.15) is 12.5 Å². The number of nitrogens with zero attached hydrogens (tertiary/aromatic N) is 1. The molecule has 1 N–H and O–H groups in total. The summed E-state index contributed by atoms with van der Waals surface area (Å²) in [6, 6.07) is 0. The molecule has 0 radical (unpaired) electrons. The normalized spacial score (nSPS) is 12.8. The van der Waals surface area contributed by atoms with E-state index in [-0.39, 0.29) is 23.4 Å². The minimum Gasteiger partial charge on any atom is -0.380 e. The van der Waals surface area contributed by atoms with Crippen LogP contribution in [0.15, 0.2) is 9.59 Å². The quantitative estimate of drug-likeness (QED) is 0.774. The van der Waals surface area contributed by atoms with Gasteiger partial charge in [0.05, 0.1) is 12.6 Å². The van der Waals surface area contributed by atoms with Gasteiger partial charge in [-0.3, -0.25) is 14.3 Å². The fourth-order valence-electron chi connectivity index (χ4n) is 1.14. The maximum absolute atomic E-state index is 11.7. The van der Waals surface area contributed by atoms with Crippen molar-refractivity contribution < 1.29 is 4.74 Å². The van der Waals surface area contributed by atoms with E-state index in [1.165, 1.54) is 7.11 Å². The summed E-state index contributed by atoms with van der Waals surface area (Å²) in [7, 11) is 1.52. The molecular weight excluding hydrogens is 220 g/mol. The first-order valence-electron chi connectivity index (χ1n) is 4.49. The Bertz CT molecular complexity index is 463. The summed E-state index contributed by atoms with van der Waals surface area (Å²) in [5.41, 5.74) is -0.563. The summed E-state index contributed by atoms with van der Waals surface area (Å²) in [5, 5.41) is 0.0892. The smallest absolute Gasteiger partial charge is 0.329 e. The Balaban J connectivity index is 3.25. The predicted molar refractivity (Wildman–Crippen MR) is 57.5 cm³/mol. The van der Waals surface area contributed by atoms with Gasteiger partial charge in [0.25, 0.3) is 5.56 Å². The number of hydrogen-bond donors (Lipinski definition) is 1. The van der Waals surface area contributed by atoms with E-state index in [0.717, 1.165) is 4.57 Å². The standard InChI is InChI=1S/C9H13ClN2O3/c1-5(15-3)4-12-8(13)6(2)7(10)11-9(12)14/h5H,4H2,1-3H3,(H,11,14). The molecule has 1 aromatic rings. The second-order valence-corrected chi connectivity index (χ2v) is 3.71. The predicted octanol–water partition coefficient (Wildman–Crippen LogP) is 0.533. The van der Waals surface area contributed by atoms with Crippen molar-refractivity contribution in [2.24, 2.45) is 0 Å². The molecule has 1 atom stereocenters. The molecule has 1 heterocycles. The summed E-state index contributed by atoms with van der Waals surface area (Å²) in [6.45, 7) is 3.55. The molecule has 0 amide bonds. The first-order chi connectivity index (χ1) is 6.97. The summed E-state index contributed by atoms with van der Waals surface area (Å²) in [5.74, 6) is 0. The fourth-order valence-corrected chi connectivity index (χ4v) is 1.30. The van der Waals surface area contributed by atoms with Crippen LogP contribution < -0.4 is 11.2 Å². The highest BCUT2D eigenvalue weighted by Crippen LogP contribution is 2.03. The number of nitrogens with one attached hydrogen (secondary N) is 1. The number of aromatic nitrogens is 2. The third kappa shape index (κ3) is 2.49. The van der Waals surface area contributed by atoms with Crippen molar-refractivity contribution in [3.63, 3.8) is 0 Å². The van der Waals surface area contributed by atoms with Crippen LogP contribution in [0.4, 0.5) is 0 Å². The SMILES string of the molecule is COC(C)Cn1c(=O)[nH]c(Cl)c(C)c1=O. The topological polar surface area (TPSA) is 64.1 Å². The van der Waals surface area contributed by atoms with Crippen LogP contribution in [0.3, 0.4) is 0 Å². The van der Waals surface area contributed by atoms with E-state index in [1.54, 1.807) is 13.8 Å². The van der Waals surface area contributed by atoms with Crippen molar-refractivity contribution in [1.82, 2.24) is 9.55 Å². The van der Waals surface area contributed by atoms with E-state index in [2.05, 4.69) is 4.98 Å². The molecule has 0 fully saturated rings. The highest BCUT2D eigenvalue weighted by atomic mass is 35.5. The van der Waals surface area contributed by atoms with E-state index in [4.69, 9.17) is 16.3 Å². The zero-order valence-corrected chi connectivity index (χ0v) is 9.59. The lowest BCUT2D eigenvalue weighted by Gasteiger charge is -2.11. The van der Waals surface area contributed by atoms with Gasteiger partial charge < -0.3 is 4.74 Å². The fraction of sp³-hybridized carbons (Fsp3) is 0.556. The first kappa shape index (κ1) is 12.0. The molecule has 0 saturated heterocycles. The summed E-state index contributed by atoms with van der Waals surface area (Å²) < 4.78 is 6.07. The van der Waals surface area contributed by atoms with Gasteiger partial charge in [0.2, 0.25) is 0 Å².